The number of carbonyl (C=O) groups excluding carboxylic acids is 2. The van der Waals surface area contributed by atoms with E-state index in [0.717, 1.165) is 27.8 Å². The Labute approximate surface area is 305 Å². The van der Waals surface area contributed by atoms with Gasteiger partial charge in [-0.1, -0.05) is 59.0 Å². The topological polar surface area (TPSA) is 131 Å². The summed E-state index contributed by atoms with van der Waals surface area (Å²) < 4.78 is 30.5. The number of benzene rings is 3. The molecule has 0 amide bonds. The first-order valence-electron chi connectivity index (χ1n) is 16.9. The predicted molar refractivity (Wildman–Crippen MR) is 191 cm³/mol. The van der Waals surface area contributed by atoms with Crippen LogP contribution in [0.3, 0.4) is 0 Å². The van der Waals surface area contributed by atoms with Crippen LogP contribution in [-0.4, -0.2) is 77.0 Å². The summed E-state index contributed by atoms with van der Waals surface area (Å²) in [7, 11) is 3.54. The molecule has 1 saturated heterocycles. The fourth-order valence-electron chi connectivity index (χ4n) is 8.51. The van der Waals surface area contributed by atoms with Crippen molar-refractivity contribution in [3.63, 3.8) is 0 Å². The molecule has 3 aromatic carbocycles. The van der Waals surface area contributed by atoms with Gasteiger partial charge in [-0.15, -0.1) is 0 Å². The molecular weight excluding hydrogens is 753 g/mol. The van der Waals surface area contributed by atoms with Crippen molar-refractivity contribution < 1.29 is 38.4 Å². The summed E-state index contributed by atoms with van der Waals surface area (Å²) in [4.78, 5) is 30.7. The minimum absolute atomic E-state index is 0.0170. The van der Waals surface area contributed by atoms with Gasteiger partial charge in [0.05, 0.1) is 31.7 Å². The summed E-state index contributed by atoms with van der Waals surface area (Å²) in [5.41, 5.74) is 5.66. The molecule has 1 fully saturated rings. The smallest absolute Gasteiger partial charge is 0.311 e. The van der Waals surface area contributed by atoms with E-state index in [2.05, 4.69) is 38.5 Å². The third-order valence-corrected chi connectivity index (χ3v) is 11.2. The number of carbonyl (C=O) groups is 2. The van der Waals surface area contributed by atoms with E-state index in [9.17, 15) is 20.0 Å². The molecule has 0 radical (unpaired) electrons. The average Bonchev–Trinajstić information content (AvgIpc) is 3.59. The number of hydrogen-bond donors (Lipinski definition) is 1. The van der Waals surface area contributed by atoms with Gasteiger partial charge in [0.25, 0.3) is 0 Å². The number of piperazine rings is 1. The lowest BCUT2D eigenvalue weighted by molar-refractivity contribution is -0.149. The van der Waals surface area contributed by atoms with E-state index in [1.54, 1.807) is 7.11 Å². The minimum Gasteiger partial charge on any atom is -0.504 e. The van der Waals surface area contributed by atoms with Gasteiger partial charge in [0.1, 0.15) is 18.4 Å². The average molecular weight is 794 g/mol. The summed E-state index contributed by atoms with van der Waals surface area (Å²) in [5.74, 6) is 1.15. The molecule has 11 nitrogen and oxygen atoms in total. The Bertz CT molecular complexity index is 1880. The van der Waals surface area contributed by atoms with Crippen molar-refractivity contribution >= 4 is 34.5 Å². The van der Waals surface area contributed by atoms with E-state index in [0.29, 0.717) is 57.8 Å². The molecule has 5 atom stereocenters. The molecule has 3 aromatic rings. The molecule has 4 aliphatic rings. The lowest BCUT2D eigenvalue weighted by Crippen LogP contribution is -2.68. The van der Waals surface area contributed by atoms with Gasteiger partial charge in [-0.05, 0) is 56.8 Å². The van der Waals surface area contributed by atoms with Gasteiger partial charge < -0.3 is 28.8 Å². The Balaban J connectivity index is 1.37. The van der Waals surface area contributed by atoms with Crippen molar-refractivity contribution in [2.75, 3.05) is 32.0 Å². The lowest BCUT2D eigenvalue weighted by Gasteiger charge is -2.59. The number of rotatable bonds is 9. The maximum Gasteiger partial charge on any atom is 0.311 e. The zero-order valence-electron chi connectivity index (χ0n) is 28.5. The molecule has 4 heterocycles. The van der Waals surface area contributed by atoms with Crippen LogP contribution < -0.4 is 18.9 Å². The van der Waals surface area contributed by atoms with Gasteiger partial charge in [0.15, 0.2) is 23.0 Å². The fourth-order valence-corrected chi connectivity index (χ4v) is 8.95. The van der Waals surface area contributed by atoms with Crippen LogP contribution in [0.4, 0.5) is 0 Å². The highest BCUT2D eigenvalue weighted by Crippen LogP contribution is 2.58. The lowest BCUT2D eigenvalue weighted by atomic mass is 9.71. The van der Waals surface area contributed by atoms with Crippen LogP contribution in [0.25, 0.3) is 0 Å². The molecule has 4 aliphatic heterocycles. The van der Waals surface area contributed by atoms with Crippen molar-refractivity contribution in [1.82, 2.24) is 9.80 Å². The molecule has 0 spiro atoms. The van der Waals surface area contributed by atoms with E-state index < -0.39 is 12.1 Å². The van der Waals surface area contributed by atoms with Crippen molar-refractivity contribution in [3.8, 4) is 34.8 Å². The van der Waals surface area contributed by atoms with Crippen molar-refractivity contribution in [3.05, 3.63) is 75.3 Å². The van der Waals surface area contributed by atoms with Gasteiger partial charge in [-0.2, -0.15) is 5.26 Å². The molecule has 262 valence electrons. The fraction of sp³-hybridized carbons (Fsp3) is 0.447. The Kier molecular flexibility index (Phi) is 9.58. The van der Waals surface area contributed by atoms with E-state index >= 15 is 0 Å². The van der Waals surface area contributed by atoms with E-state index in [-0.39, 0.29) is 62.1 Å². The highest BCUT2D eigenvalue weighted by atomic mass is 127. The Morgan fingerprint density at radius 2 is 1.80 bits per heavy atom. The number of aromatic hydroxyl groups is 1. The number of hydrogen-bond acceptors (Lipinski definition) is 11. The third kappa shape index (κ3) is 5.73. The first kappa shape index (κ1) is 34.4. The first-order chi connectivity index (χ1) is 24.2. The van der Waals surface area contributed by atoms with Gasteiger partial charge >= 0.3 is 11.9 Å². The van der Waals surface area contributed by atoms with Crippen molar-refractivity contribution in [1.29, 1.82) is 5.26 Å². The normalized spacial score (nSPS) is 23.2. The maximum absolute atomic E-state index is 13.3. The van der Waals surface area contributed by atoms with Crippen LogP contribution in [-0.2, 0) is 33.6 Å². The molecule has 12 heteroatoms. The van der Waals surface area contributed by atoms with Gasteiger partial charge in [0.2, 0.25) is 6.79 Å². The number of fused-ring (bicyclic) bond motifs is 9. The maximum atomic E-state index is 13.3. The molecular formula is C38H40IN3O8. The van der Waals surface area contributed by atoms with Crippen LogP contribution in [0.2, 0.25) is 0 Å². The number of nitriles is 1. The number of nitrogens with zero attached hydrogens (tertiary/aromatic N) is 3. The van der Waals surface area contributed by atoms with Gasteiger partial charge in [-0.3, -0.25) is 19.4 Å². The Morgan fingerprint density at radius 1 is 1.04 bits per heavy atom. The predicted octanol–water partition coefficient (Wildman–Crippen LogP) is 5.42. The second kappa shape index (κ2) is 13.9. The molecule has 0 aliphatic carbocycles. The zero-order chi connectivity index (χ0) is 35.3. The summed E-state index contributed by atoms with van der Waals surface area (Å²) >= 11 is 2.15. The monoisotopic (exact) mass is 793 g/mol. The molecule has 2 bridgehead atoms. The number of esters is 2. The van der Waals surface area contributed by atoms with E-state index in [1.807, 2.05) is 57.3 Å². The molecule has 1 N–H and O–H groups in total. The quantitative estimate of drug-likeness (QED) is 0.129. The summed E-state index contributed by atoms with van der Waals surface area (Å²) in [5, 5.41) is 22.6. The van der Waals surface area contributed by atoms with Crippen LogP contribution in [0.5, 0.6) is 28.7 Å². The van der Waals surface area contributed by atoms with Crippen LogP contribution in [0.1, 0.15) is 63.9 Å². The summed E-state index contributed by atoms with van der Waals surface area (Å²) in [6.45, 7) is 3.68. The van der Waals surface area contributed by atoms with Crippen LogP contribution in [0, 0.1) is 25.2 Å². The number of phenolic OH excluding ortho intramolecular Hbond substituents is 1. The third-order valence-electron chi connectivity index (χ3n) is 10.6. The number of phenols is 1. The van der Waals surface area contributed by atoms with Gasteiger partial charge in [-0.25, -0.2) is 0 Å². The molecule has 1 unspecified atom stereocenters. The second-order valence-electron chi connectivity index (χ2n) is 13.3. The number of ether oxygens (including phenoxy) is 5. The highest BCUT2D eigenvalue weighted by molar-refractivity contribution is 14.1. The first-order valence-corrected chi connectivity index (χ1v) is 18.4. The number of methoxy groups -OCH3 is 1. The molecule has 7 rings (SSSR count). The zero-order valence-corrected chi connectivity index (χ0v) is 30.7. The second-order valence-corrected chi connectivity index (χ2v) is 14.4. The summed E-state index contributed by atoms with van der Waals surface area (Å²) in [6, 6.07) is 12.2. The van der Waals surface area contributed by atoms with Crippen molar-refractivity contribution in [2.24, 2.45) is 0 Å². The molecule has 0 saturated carbocycles. The van der Waals surface area contributed by atoms with Crippen LogP contribution in [0.15, 0.2) is 36.4 Å². The number of likely N-dealkylation sites (N-methyl/N-ethyl adjacent to an activating group) is 1. The standard InChI is InChI=1S/C38H40IN3O8/c1-20-14-23-15-25-27(17-40)42-26(33(41(25)3)31(23)34(45)35(20)46-4)16-24-32(28(42)18-47-29(43)11-10-22-8-6-5-7-9-22)38-37(48-19-49-38)21(2)36(24)50-30(44)12-13-39/h5-9,14,25-28,33,45H,10-13,15-16,18-19H2,1-4H3/t25-,26?,27-,28-,33+/m0/s1. The number of aryl methyl sites for hydroxylation is 2. The highest BCUT2D eigenvalue weighted by Gasteiger charge is 2.57. The van der Waals surface area contributed by atoms with E-state index in [1.165, 1.54) is 0 Å². The Morgan fingerprint density at radius 3 is 2.52 bits per heavy atom. The largest absolute Gasteiger partial charge is 0.504 e. The molecule has 0 aromatic heterocycles. The SMILES string of the molecule is COc1c(C)cc2c(c1O)[C@H]1C3Cc4c(OC(=O)CCI)c(C)c5c(c4[C@H](COC(=O)CCc4ccccc4)N3[C@@H](C#N)[C@H](C2)N1C)OCO5. The van der Waals surface area contributed by atoms with Crippen molar-refractivity contribution in [2.45, 2.75) is 76.2 Å². The van der Waals surface area contributed by atoms with Crippen LogP contribution >= 0.6 is 22.6 Å². The number of alkyl halides is 1. The summed E-state index contributed by atoms with van der Waals surface area (Å²) in [6.07, 6.45) is 1.85. The molecule has 50 heavy (non-hydrogen) atoms. The van der Waals surface area contributed by atoms with E-state index in [4.69, 9.17) is 23.7 Å². The number of halogens is 1. The minimum atomic E-state index is -0.637. The van der Waals surface area contributed by atoms with Gasteiger partial charge in [0, 0.05) is 45.2 Å². The Hall–Kier alpha value is -4.06.